The van der Waals surface area contributed by atoms with Crippen LogP contribution in [0.1, 0.15) is 19.3 Å². The molecule has 0 bridgehead atoms. The number of benzene rings is 1. The number of H-pyrrole nitrogens is 1. The van der Waals surface area contributed by atoms with Crippen molar-refractivity contribution in [2.75, 3.05) is 11.9 Å². The van der Waals surface area contributed by atoms with Crippen molar-refractivity contribution in [3.8, 4) is 11.3 Å². The molecule has 1 unspecified atom stereocenters. The first-order valence-corrected chi connectivity index (χ1v) is 6.97. The predicted octanol–water partition coefficient (Wildman–Crippen LogP) is 2.16. The zero-order valence-corrected chi connectivity index (χ0v) is 11.2. The predicted molar refractivity (Wildman–Crippen MR) is 78.3 cm³/mol. The maximum atomic E-state index is 12.2. The number of anilines is 1. The van der Waals surface area contributed by atoms with Crippen LogP contribution in [0.25, 0.3) is 11.3 Å². The van der Waals surface area contributed by atoms with E-state index in [9.17, 15) is 4.79 Å². The average Bonchev–Trinajstić information content (AvgIpc) is 3.03. The number of nitrogens with zero attached hydrogens (tertiary/aromatic N) is 1. The van der Waals surface area contributed by atoms with Crippen molar-refractivity contribution >= 4 is 11.6 Å². The van der Waals surface area contributed by atoms with Gasteiger partial charge in [-0.1, -0.05) is 18.6 Å². The first-order valence-electron chi connectivity index (χ1n) is 6.97. The Morgan fingerprint density at radius 1 is 1.30 bits per heavy atom. The summed E-state index contributed by atoms with van der Waals surface area (Å²) >= 11 is 0. The van der Waals surface area contributed by atoms with Crippen LogP contribution in [-0.2, 0) is 4.79 Å². The van der Waals surface area contributed by atoms with E-state index in [1.54, 1.807) is 6.20 Å². The van der Waals surface area contributed by atoms with E-state index in [0.717, 1.165) is 42.8 Å². The molecule has 3 N–H and O–H groups in total. The normalized spacial score (nSPS) is 18.7. The van der Waals surface area contributed by atoms with Gasteiger partial charge in [-0.15, -0.1) is 0 Å². The molecule has 2 heterocycles. The molecule has 1 fully saturated rings. The van der Waals surface area contributed by atoms with E-state index in [1.165, 1.54) is 0 Å². The average molecular weight is 270 g/mol. The topological polar surface area (TPSA) is 69.8 Å². The van der Waals surface area contributed by atoms with E-state index in [-0.39, 0.29) is 11.9 Å². The lowest BCUT2D eigenvalue weighted by Gasteiger charge is -2.22. The Bertz CT molecular complexity index is 573. The summed E-state index contributed by atoms with van der Waals surface area (Å²) in [5.41, 5.74) is 2.77. The molecule has 20 heavy (non-hydrogen) atoms. The van der Waals surface area contributed by atoms with Crippen LogP contribution in [0.3, 0.4) is 0 Å². The first kappa shape index (κ1) is 12.9. The third kappa shape index (κ3) is 2.88. The second-order valence-corrected chi connectivity index (χ2v) is 5.04. The Balaban J connectivity index is 1.71. The number of nitrogens with one attached hydrogen (secondary N) is 3. The minimum absolute atomic E-state index is 0.0476. The second-order valence-electron chi connectivity index (χ2n) is 5.04. The monoisotopic (exact) mass is 270 g/mol. The third-order valence-corrected chi connectivity index (χ3v) is 3.57. The summed E-state index contributed by atoms with van der Waals surface area (Å²) in [5.74, 6) is 0.0476. The number of hydrogen-bond acceptors (Lipinski definition) is 3. The number of amides is 1. The van der Waals surface area contributed by atoms with Gasteiger partial charge in [0.2, 0.25) is 5.91 Å². The van der Waals surface area contributed by atoms with Crippen molar-refractivity contribution in [2.45, 2.75) is 25.3 Å². The van der Waals surface area contributed by atoms with Gasteiger partial charge in [0.05, 0.1) is 11.7 Å². The first-order chi connectivity index (χ1) is 9.83. The van der Waals surface area contributed by atoms with Gasteiger partial charge in [0.1, 0.15) is 0 Å². The summed E-state index contributed by atoms with van der Waals surface area (Å²) in [7, 11) is 0. The van der Waals surface area contributed by atoms with Crippen LogP contribution in [0.2, 0.25) is 0 Å². The number of carbonyl (C=O) groups is 1. The molecule has 0 radical (unpaired) electrons. The van der Waals surface area contributed by atoms with E-state index in [2.05, 4.69) is 20.8 Å². The maximum Gasteiger partial charge on any atom is 0.241 e. The molecule has 1 aromatic carbocycles. The summed E-state index contributed by atoms with van der Waals surface area (Å²) in [5, 5.41) is 13.1. The molecule has 1 aromatic heterocycles. The summed E-state index contributed by atoms with van der Waals surface area (Å²) < 4.78 is 0. The molecule has 0 aliphatic carbocycles. The van der Waals surface area contributed by atoms with Gasteiger partial charge in [0.25, 0.3) is 0 Å². The Kier molecular flexibility index (Phi) is 3.78. The Hall–Kier alpha value is -2.14. The summed E-state index contributed by atoms with van der Waals surface area (Å²) in [6.45, 7) is 0.923. The molecule has 104 valence electrons. The Morgan fingerprint density at radius 2 is 2.25 bits per heavy atom. The van der Waals surface area contributed by atoms with E-state index in [1.807, 2.05) is 30.3 Å². The smallest absolute Gasteiger partial charge is 0.241 e. The van der Waals surface area contributed by atoms with E-state index < -0.39 is 0 Å². The van der Waals surface area contributed by atoms with Crippen molar-refractivity contribution in [2.24, 2.45) is 0 Å². The van der Waals surface area contributed by atoms with Gasteiger partial charge in [-0.2, -0.15) is 5.10 Å². The molecule has 1 aliphatic rings. The van der Waals surface area contributed by atoms with Gasteiger partial charge in [0.15, 0.2) is 0 Å². The number of carbonyl (C=O) groups excluding carboxylic acids is 1. The van der Waals surface area contributed by atoms with Crippen molar-refractivity contribution in [3.05, 3.63) is 36.5 Å². The van der Waals surface area contributed by atoms with Crippen molar-refractivity contribution in [1.29, 1.82) is 0 Å². The quantitative estimate of drug-likeness (QED) is 0.800. The lowest BCUT2D eigenvalue weighted by atomic mass is 10.0. The molecule has 1 atom stereocenters. The van der Waals surface area contributed by atoms with Gasteiger partial charge in [-0.25, -0.2) is 0 Å². The van der Waals surface area contributed by atoms with Crippen LogP contribution >= 0.6 is 0 Å². The van der Waals surface area contributed by atoms with Crippen LogP contribution in [0.15, 0.2) is 36.5 Å². The SMILES string of the molecule is O=C(Nc1cccc(-c2ccn[nH]2)c1)C1CCCCN1. The van der Waals surface area contributed by atoms with Crippen molar-refractivity contribution in [1.82, 2.24) is 15.5 Å². The molecule has 5 nitrogen and oxygen atoms in total. The lowest BCUT2D eigenvalue weighted by Crippen LogP contribution is -2.43. The van der Waals surface area contributed by atoms with Gasteiger partial charge >= 0.3 is 0 Å². The summed E-state index contributed by atoms with van der Waals surface area (Å²) in [6.07, 6.45) is 4.89. The highest BCUT2D eigenvalue weighted by Gasteiger charge is 2.20. The molecule has 0 saturated carbocycles. The minimum atomic E-state index is -0.0699. The number of aromatic nitrogens is 2. The summed E-state index contributed by atoms with van der Waals surface area (Å²) in [4.78, 5) is 12.2. The molecule has 1 aliphatic heterocycles. The molecule has 1 saturated heterocycles. The van der Waals surface area contributed by atoms with Crippen LogP contribution in [-0.4, -0.2) is 28.7 Å². The molecule has 5 heteroatoms. The van der Waals surface area contributed by atoms with Crippen LogP contribution in [0.4, 0.5) is 5.69 Å². The largest absolute Gasteiger partial charge is 0.325 e. The lowest BCUT2D eigenvalue weighted by molar-refractivity contribution is -0.118. The standard InChI is InChI=1S/C15H18N4O/c20-15(14-6-1-2-8-16-14)18-12-5-3-4-11(10-12)13-7-9-17-19-13/h3-5,7,9-10,14,16H,1-2,6,8H2,(H,17,19)(H,18,20). The molecular weight excluding hydrogens is 252 g/mol. The zero-order chi connectivity index (χ0) is 13.8. The number of aromatic amines is 1. The molecule has 0 spiro atoms. The Morgan fingerprint density at radius 3 is 3.00 bits per heavy atom. The van der Waals surface area contributed by atoms with E-state index >= 15 is 0 Å². The minimum Gasteiger partial charge on any atom is -0.325 e. The van der Waals surface area contributed by atoms with E-state index in [0.29, 0.717) is 0 Å². The van der Waals surface area contributed by atoms with E-state index in [4.69, 9.17) is 0 Å². The fourth-order valence-electron chi connectivity index (χ4n) is 2.49. The van der Waals surface area contributed by atoms with Crippen LogP contribution in [0, 0.1) is 0 Å². The molecular formula is C15H18N4O. The highest BCUT2D eigenvalue weighted by molar-refractivity contribution is 5.95. The molecule has 2 aromatic rings. The number of rotatable bonds is 3. The van der Waals surface area contributed by atoms with Crippen LogP contribution < -0.4 is 10.6 Å². The summed E-state index contributed by atoms with van der Waals surface area (Å²) in [6, 6.07) is 9.61. The number of hydrogen-bond donors (Lipinski definition) is 3. The Labute approximate surface area is 117 Å². The second kappa shape index (κ2) is 5.88. The van der Waals surface area contributed by atoms with Crippen molar-refractivity contribution in [3.63, 3.8) is 0 Å². The van der Waals surface area contributed by atoms with Crippen molar-refractivity contribution < 1.29 is 4.79 Å². The molecule has 1 amide bonds. The highest BCUT2D eigenvalue weighted by Crippen LogP contribution is 2.20. The number of piperidine rings is 1. The van der Waals surface area contributed by atoms with Gasteiger partial charge in [-0.05, 0) is 37.6 Å². The fourth-order valence-corrected chi connectivity index (χ4v) is 2.49. The third-order valence-electron chi connectivity index (χ3n) is 3.57. The van der Waals surface area contributed by atoms with Crippen LogP contribution in [0.5, 0.6) is 0 Å². The van der Waals surface area contributed by atoms with Gasteiger partial charge < -0.3 is 10.6 Å². The molecule has 3 rings (SSSR count). The van der Waals surface area contributed by atoms with Gasteiger partial charge in [-0.3, -0.25) is 9.89 Å². The fraction of sp³-hybridized carbons (Fsp3) is 0.333. The maximum absolute atomic E-state index is 12.2. The highest BCUT2D eigenvalue weighted by atomic mass is 16.2. The van der Waals surface area contributed by atoms with Gasteiger partial charge in [0, 0.05) is 17.4 Å². The zero-order valence-electron chi connectivity index (χ0n) is 11.2.